The Morgan fingerprint density at radius 1 is 1.25 bits per heavy atom. The van der Waals surface area contributed by atoms with Gasteiger partial charge < -0.3 is 10.1 Å². The van der Waals surface area contributed by atoms with Gasteiger partial charge in [0.2, 0.25) is 15.9 Å². The van der Waals surface area contributed by atoms with E-state index < -0.39 is 10.0 Å². The van der Waals surface area contributed by atoms with Crippen molar-refractivity contribution in [2.75, 3.05) is 24.2 Å². The first kappa shape index (κ1) is 20.3. The molecule has 1 aromatic rings. The maximum Gasteiger partial charge on any atom is 0.232 e. The van der Waals surface area contributed by atoms with Gasteiger partial charge in [0, 0.05) is 19.0 Å². The van der Waals surface area contributed by atoms with E-state index in [-0.39, 0.29) is 24.9 Å². The third-order valence-electron chi connectivity index (χ3n) is 3.91. The second kappa shape index (κ2) is 8.92. The Hall–Kier alpha value is -1.76. The number of benzene rings is 1. The number of ether oxygens (including phenoxy) is 1. The zero-order valence-corrected chi connectivity index (χ0v) is 15.9. The number of para-hydroxylation sites is 2. The van der Waals surface area contributed by atoms with E-state index in [0.717, 1.165) is 6.26 Å². The molecule has 1 rings (SSSR count). The normalized spacial score (nSPS) is 12.8. The number of hydrogen-bond donors (Lipinski definition) is 1. The van der Waals surface area contributed by atoms with Crippen molar-refractivity contribution < 1.29 is 17.9 Å². The highest BCUT2D eigenvalue weighted by molar-refractivity contribution is 7.92. The zero-order valence-electron chi connectivity index (χ0n) is 15.1. The van der Waals surface area contributed by atoms with E-state index in [1.165, 1.54) is 11.4 Å². The average molecular weight is 356 g/mol. The van der Waals surface area contributed by atoms with E-state index in [9.17, 15) is 13.2 Å². The number of sulfonamides is 1. The molecule has 0 heterocycles. The number of carbonyl (C=O) groups is 1. The predicted octanol–water partition coefficient (Wildman–Crippen LogP) is 2.40. The van der Waals surface area contributed by atoms with E-state index in [2.05, 4.69) is 5.32 Å². The van der Waals surface area contributed by atoms with Gasteiger partial charge in [0.25, 0.3) is 0 Å². The third-order valence-corrected chi connectivity index (χ3v) is 5.09. The Morgan fingerprint density at radius 3 is 2.42 bits per heavy atom. The summed E-state index contributed by atoms with van der Waals surface area (Å²) in [5.74, 6) is 0.778. The highest BCUT2D eigenvalue weighted by Crippen LogP contribution is 2.29. The molecule has 7 heteroatoms. The highest BCUT2D eigenvalue weighted by atomic mass is 32.2. The number of methoxy groups -OCH3 is 1. The van der Waals surface area contributed by atoms with Crippen molar-refractivity contribution in [1.82, 2.24) is 5.32 Å². The summed E-state index contributed by atoms with van der Waals surface area (Å²) in [6.45, 7) is 6.26. The lowest BCUT2D eigenvalue weighted by Gasteiger charge is -2.24. The van der Waals surface area contributed by atoms with Crippen LogP contribution in [0.2, 0.25) is 0 Å². The first-order valence-corrected chi connectivity index (χ1v) is 9.91. The molecule has 0 bridgehead atoms. The number of nitrogens with zero attached hydrogens (tertiary/aromatic N) is 1. The van der Waals surface area contributed by atoms with Crippen molar-refractivity contribution in [3.8, 4) is 5.75 Å². The molecule has 0 aromatic heterocycles. The molecule has 1 N–H and O–H groups in total. The van der Waals surface area contributed by atoms with Crippen LogP contribution in [0.3, 0.4) is 0 Å². The Bertz CT molecular complexity index is 644. The second-order valence-electron chi connectivity index (χ2n) is 6.21. The summed E-state index contributed by atoms with van der Waals surface area (Å²) in [6.07, 6.45) is 1.86. The van der Waals surface area contributed by atoms with E-state index >= 15 is 0 Å². The molecule has 0 unspecified atom stereocenters. The van der Waals surface area contributed by atoms with Crippen molar-refractivity contribution in [3.05, 3.63) is 24.3 Å². The summed E-state index contributed by atoms with van der Waals surface area (Å²) in [5, 5.41) is 2.92. The predicted molar refractivity (Wildman–Crippen MR) is 96.9 cm³/mol. The minimum Gasteiger partial charge on any atom is -0.495 e. The molecule has 0 fully saturated rings. The summed E-state index contributed by atoms with van der Waals surface area (Å²) in [4.78, 5) is 11.9. The van der Waals surface area contributed by atoms with Crippen LogP contribution in [0.25, 0.3) is 0 Å². The van der Waals surface area contributed by atoms with Crippen LogP contribution in [0.4, 0.5) is 5.69 Å². The van der Waals surface area contributed by atoms with Crippen molar-refractivity contribution in [2.24, 2.45) is 5.92 Å². The lowest BCUT2D eigenvalue weighted by Crippen LogP contribution is -2.37. The zero-order chi connectivity index (χ0) is 18.3. The van der Waals surface area contributed by atoms with Gasteiger partial charge in [-0.15, -0.1) is 0 Å². The number of anilines is 1. The SMILES string of the molecule is COc1ccccc1N(CCCC(=O)N[C@@H](C)C(C)C)S(C)(=O)=O. The molecule has 0 saturated heterocycles. The molecule has 136 valence electrons. The fraction of sp³-hybridized carbons (Fsp3) is 0.588. The second-order valence-corrected chi connectivity index (χ2v) is 8.12. The third kappa shape index (κ3) is 6.03. The Morgan fingerprint density at radius 2 is 1.88 bits per heavy atom. The lowest BCUT2D eigenvalue weighted by atomic mass is 10.1. The van der Waals surface area contributed by atoms with Gasteiger partial charge in [0.1, 0.15) is 5.75 Å². The molecule has 1 atom stereocenters. The molecule has 1 aromatic carbocycles. The summed E-state index contributed by atoms with van der Waals surface area (Å²) in [7, 11) is -1.96. The van der Waals surface area contributed by atoms with Crippen LogP contribution in [0.15, 0.2) is 24.3 Å². The molecular weight excluding hydrogens is 328 g/mol. The molecule has 0 aliphatic rings. The highest BCUT2D eigenvalue weighted by Gasteiger charge is 2.21. The first-order valence-electron chi connectivity index (χ1n) is 8.07. The van der Waals surface area contributed by atoms with Crippen LogP contribution >= 0.6 is 0 Å². The number of carbonyl (C=O) groups excluding carboxylic acids is 1. The van der Waals surface area contributed by atoms with Crippen LogP contribution < -0.4 is 14.4 Å². The Kier molecular flexibility index (Phi) is 7.54. The average Bonchev–Trinajstić information content (AvgIpc) is 2.50. The Labute approximate surface area is 145 Å². The van der Waals surface area contributed by atoms with Gasteiger partial charge in [0.15, 0.2) is 0 Å². The summed E-state index contributed by atoms with van der Waals surface area (Å²) in [6, 6.07) is 7.04. The molecule has 1 amide bonds. The maximum atomic E-state index is 12.1. The van der Waals surface area contributed by atoms with Crippen molar-refractivity contribution in [3.63, 3.8) is 0 Å². The molecule has 0 aliphatic heterocycles. The topological polar surface area (TPSA) is 75.7 Å². The van der Waals surface area contributed by atoms with Gasteiger partial charge in [-0.1, -0.05) is 26.0 Å². The first-order chi connectivity index (χ1) is 11.2. The van der Waals surface area contributed by atoms with Gasteiger partial charge in [-0.2, -0.15) is 0 Å². The number of nitrogens with one attached hydrogen (secondary N) is 1. The fourth-order valence-electron chi connectivity index (χ4n) is 2.18. The lowest BCUT2D eigenvalue weighted by molar-refractivity contribution is -0.122. The number of rotatable bonds is 9. The van der Waals surface area contributed by atoms with E-state index in [4.69, 9.17) is 4.74 Å². The fourth-order valence-corrected chi connectivity index (χ4v) is 3.15. The molecule has 0 saturated carbocycles. The van der Waals surface area contributed by atoms with Crippen LogP contribution in [0.1, 0.15) is 33.6 Å². The van der Waals surface area contributed by atoms with Crippen molar-refractivity contribution in [1.29, 1.82) is 0 Å². The van der Waals surface area contributed by atoms with Crippen LogP contribution in [0, 0.1) is 5.92 Å². The number of hydrogen-bond acceptors (Lipinski definition) is 4. The molecular formula is C17H28N2O4S. The quantitative estimate of drug-likeness (QED) is 0.737. The molecule has 0 aliphatic carbocycles. The van der Waals surface area contributed by atoms with Crippen LogP contribution in [-0.2, 0) is 14.8 Å². The molecule has 6 nitrogen and oxygen atoms in total. The smallest absolute Gasteiger partial charge is 0.232 e. The van der Waals surface area contributed by atoms with Gasteiger partial charge in [-0.3, -0.25) is 9.10 Å². The molecule has 0 spiro atoms. The van der Waals surface area contributed by atoms with Gasteiger partial charge in [-0.25, -0.2) is 8.42 Å². The van der Waals surface area contributed by atoms with Gasteiger partial charge in [-0.05, 0) is 31.4 Å². The minimum atomic E-state index is -3.46. The van der Waals surface area contributed by atoms with Gasteiger partial charge in [0.05, 0.1) is 19.1 Å². The largest absolute Gasteiger partial charge is 0.495 e. The van der Waals surface area contributed by atoms with Crippen molar-refractivity contribution in [2.45, 2.75) is 39.7 Å². The molecule has 24 heavy (non-hydrogen) atoms. The Balaban J connectivity index is 2.75. The molecule has 0 radical (unpaired) electrons. The van der Waals surface area contributed by atoms with Crippen LogP contribution in [-0.4, -0.2) is 40.3 Å². The maximum absolute atomic E-state index is 12.1. The van der Waals surface area contributed by atoms with Crippen molar-refractivity contribution >= 4 is 21.6 Å². The summed E-state index contributed by atoms with van der Waals surface area (Å²) < 4.78 is 30.8. The minimum absolute atomic E-state index is 0.0651. The monoisotopic (exact) mass is 356 g/mol. The number of amides is 1. The van der Waals surface area contributed by atoms with Gasteiger partial charge >= 0.3 is 0 Å². The summed E-state index contributed by atoms with van der Waals surface area (Å²) >= 11 is 0. The summed E-state index contributed by atoms with van der Waals surface area (Å²) in [5.41, 5.74) is 0.485. The standard InChI is InChI=1S/C17H28N2O4S/c1-13(2)14(3)18-17(20)11-8-12-19(24(5,21)22)15-9-6-7-10-16(15)23-4/h6-7,9-10,13-14H,8,11-12H2,1-5H3,(H,18,20)/t14-/m0/s1. The van der Waals surface area contributed by atoms with E-state index in [1.54, 1.807) is 24.3 Å². The van der Waals surface area contributed by atoms with Crippen LogP contribution in [0.5, 0.6) is 5.75 Å². The van der Waals surface area contributed by atoms with E-state index in [0.29, 0.717) is 23.8 Å². The van der Waals surface area contributed by atoms with E-state index in [1.807, 2.05) is 20.8 Å².